The Morgan fingerprint density at radius 1 is 1.27 bits per heavy atom. The van der Waals surface area contributed by atoms with Crippen LogP contribution in [0.3, 0.4) is 0 Å². The van der Waals surface area contributed by atoms with Gasteiger partial charge >= 0.3 is 5.97 Å². The standard InChI is InChI=1S/C26H33N3O3S/c1-16(2)12-19(14-25(30)31)27-26(32)18-9-10-23-21(13-18)28-24(15-20-7-5-11-33-20)29(23)22-8-4-6-17(22)3/h5,7,9-11,13,16-17,19,22H,4,6,8,12,14-15H2,1-3H3,(H,27,32)(H,30,31)/t17?,19?,22-/m0/s1. The smallest absolute Gasteiger partial charge is 0.305 e. The van der Waals surface area contributed by atoms with E-state index in [0.717, 1.165) is 29.7 Å². The van der Waals surface area contributed by atoms with Crippen LogP contribution < -0.4 is 5.32 Å². The van der Waals surface area contributed by atoms with Gasteiger partial charge in [0.15, 0.2) is 0 Å². The van der Waals surface area contributed by atoms with Crippen molar-refractivity contribution in [3.63, 3.8) is 0 Å². The van der Waals surface area contributed by atoms with Crippen LogP contribution in [0.1, 0.15) is 80.0 Å². The summed E-state index contributed by atoms with van der Waals surface area (Å²) in [6.45, 7) is 6.37. The Morgan fingerprint density at radius 3 is 2.73 bits per heavy atom. The van der Waals surface area contributed by atoms with Crippen LogP contribution in [0.2, 0.25) is 0 Å². The van der Waals surface area contributed by atoms with Gasteiger partial charge in [-0.3, -0.25) is 9.59 Å². The van der Waals surface area contributed by atoms with Crippen molar-refractivity contribution in [3.05, 3.63) is 52.0 Å². The molecule has 4 rings (SSSR count). The van der Waals surface area contributed by atoms with Crippen LogP contribution in [-0.4, -0.2) is 32.6 Å². The Balaban J connectivity index is 1.65. The zero-order valence-electron chi connectivity index (χ0n) is 19.6. The third-order valence-corrected chi connectivity index (χ3v) is 7.47. The lowest BCUT2D eigenvalue weighted by Crippen LogP contribution is -2.37. The molecule has 1 aromatic carbocycles. The Kier molecular flexibility index (Phi) is 7.17. The predicted molar refractivity (Wildman–Crippen MR) is 132 cm³/mol. The molecule has 2 unspecified atom stereocenters. The summed E-state index contributed by atoms with van der Waals surface area (Å²) in [5, 5.41) is 14.2. The molecule has 1 fully saturated rings. The van der Waals surface area contributed by atoms with Crippen molar-refractivity contribution < 1.29 is 14.7 Å². The number of carbonyl (C=O) groups is 2. The molecule has 3 aromatic rings. The summed E-state index contributed by atoms with van der Waals surface area (Å²) in [6, 6.07) is 9.95. The number of imidazole rings is 1. The molecule has 2 aromatic heterocycles. The summed E-state index contributed by atoms with van der Waals surface area (Å²) in [6.07, 6.45) is 4.94. The largest absolute Gasteiger partial charge is 0.481 e. The molecule has 33 heavy (non-hydrogen) atoms. The average molecular weight is 468 g/mol. The molecule has 0 saturated heterocycles. The lowest BCUT2D eigenvalue weighted by molar-refractivity contribution is -0.137. The molecule has 1 amide bonds. The highest BCUT2D eigenvalue weighted by atomic mass is 32.1. The van der Waals surface area contributed by atoms with Gasteiger partial charge < -0.3 is 15.0 Å². The molecular formula is C26H33N3O3S. The molecular weight excluding hydrogens is 434 g/mol. The third-order valence-electron chi connectivity index (χ3n) is 6.60. The molecule has 1 saturated carbocycles. The molecule has 2 heterocycles. The number of amides is 1. The molecule has 1 aliphatic carbocycles. The number of carbonyl (C=O) groups excluding carboxylic acids is 1. The second kappa shape index (κ2) is 10.1. The monoisotopic (exact) mass is 467 g/mol. The van der Waals surface area contributed by atoms with E-state index in [-0.39, 0.29) is 12.3 Å². The maximum absolute atomic E-state index is 13.0. The van der Waals surface area contributed by atoms with Crippen LogP contribution in [0.5, 0.6) is 0 Å². The topological polar surface area (TPSA) is 84.2 Å². The lowest BCUT2D eigenvalue weighted by atomic mass is 10.0. The van der Waals surface area contributed by atoms with Gasteiger partial charge in [0, 0.05) is 28.9 Å². The van der Waals surface area contributed by atoms with E-state index < -0.39 is 12.0 Å². The van der Waals surface area contributed by atoms with E-state index >= 15 is 0 Å². The van der Waals surface area contributed by atoms with Crippen molar-refractivity contribution in [2.45, 2.75) is 71.4 Å². The quantitative estimate of drug-likeness (QED) is 0.425. The molecule has 6 nitrogen and oxygen atoms in total. The number of nitrogens with one attached hydrogen (secondary N) is 1. The van der Waals surface area contributed by atoms with E-state index in [1.54, 1.807) is 11.3 Å². The van der Waals surface area contributed by atoms with Gasteiger partial charge in [-0.25, -0.2) is 4.98 Å². The Morgan fingerprint density at radius 2 is 2.09 bits per heavy atom. The van der Waals surface area contributed by atoms with Gasteiger partial charge in [0.25, 0.3) is 5.91 Å². The van der Waals surface area contributed by atoms with Crippen molar-refractivity contribution >= 4 is 34.2 Å². The molecule has 0 bridgehead atoms. The number of nitrogens with zero attached hydrogens (tertiary/aromatic N) is 2. The number of aliphatic carboxylic acids is 1. The highest BCUT2D eigenvalue weighted by Gasteiger charge is 2.29. The molecule has 0 spiro atoms. The number of rotatable bonds is 9. The fraction of sp³-hybridized carbons (Fsp3) is 0.500. The minimum atomic E-state index is -0.904. The highest BCUT2D eigenvalue weighted by molar-refractivity contribution is 7.09. The molecule has 7 heteroatoms. The molecule has 1 aliphatic rings. The average Bonchev–Trinajstić information content (AvgIpc) is 3.46. The highest BCUT2D eigenvalue weighted by Crippen LogP contribution is 2.39. The Hall–Kier alpha value is -2.67. The third kappa shape index (κ3) is 5.46. The number of fused-ring (bicyclic) bond motifs is 1. The first kappa shape index (κ1) is 23.5. The van der Waals surface area contributed by atoms with E-state index in [1.807, 2.05) is 32.0 Å². The van der Waals surface area contributed by atoms with Crippen LogP contribution in [0.25, 0.3) is 11.0 Å². The molecule has 176 valence electrons. The van der Waals surface area contributed by atoms with Crippen molar-refractivity contribution in [3.8, 4) is 0 Å². The Bertz CT molecular complexity index is 1120. The number of carboxylic acids is 1. The summed E-state index contributed by atoms with van der Waals surface area (Å²) in [7, 11) is 0. The van der Waals surface area contributed by atoms with Crippen LogP contribution >= 0.6 is 11.3 Å². The SMILES string of the molecule is CC(C)CC(CC(=O)O)NC(=O)c1ccc2c(c1)nc(Cc1cccs1)n2[C@H]1CCCC1C. The van der Waals surface area contributed by atoms with Crippen molar-refractivity contribution in [2.24, 2.45) is 11.8 Å². The van der Waals surface area contributed by atoms with Gasteiger partial charge in [0.2, 0.25) is 0 Å². The summed E-state index contributed by atoms with van der Waals surface area (Å²) < 4.78 is 2.40. The second-order valence-corrected chi connectivity index (χ2v) is 10.8. The summed E-state index contributed by atoms with van der Waals surface area (Å²) in [5.74, 6) is 0.792. The summed E-state index contributed by atoms with van der Waals surface area (Å²) >= 11 is 1.74. The fourth-order valence-electron chi connectivity index (χ4n) is 5.10. The van der Waals surface area contributed by atoms with Crippen LogP contribution in [-0.2, 0) is 11.2 Å². The predicted octanol–water partition coefficient (Wildman–Crippen LogP) is 5.67. The van der Waals surface area contributed by atoms with Crippen molar-refractivity contribution in [1.82, 2.24) is 14.9 Å². The number of hydrogen-bond donors (Lipinski definition) is 2. The van der Waals surface area contributed by atoms with E-state index in [4.69, 9.17) is 4.98 Å². The molecule has 3 atom stereocenters. The number of carboxylic acid groups (broad SMARTS) is 1. The van der Waals surface area contributed by atoms with Gasteiger partial charge in [-0.2, -0.15) is 0 Å². The number of aromatic nitrogens is 2. The van der Waals surface area contributed by atoms with Gasteiger partial charge in [-0.05, 0) is 60.7 Å². The summed E-state index contributed by atoms with van der Waals surface area (Å²) in [4.78, 5) is 30.5. The molecule has 2 N–H and O–H groups in total. The first-order valence-electron chi connectivity index (χ1n) is 11.9. The zero-order chi connectivity index (χ0) is 23.5. The number of benzene rings is 1. The lowest BCUT2D eigenvalue weighted by Gasteiger charge is -2.21. The van der Waals surface area contributed by atoms with Crippen LogP contribution in [0.15, 0.2) is 35.7 Å². The maximum Gasteiger partial charge on any atom is 0.305 e. The first-order valence-corrected chi connectivity index (χ1v) is 12.8. The fourth-order valence-corrected chi connectivity index (χ4v) is 5.81. The Labute approximate surface area is 199 Å². The normalized spacial score (nSPS) is 19.3. The van der Waals surface area contributed by atoms with Crippen molar-refractivity contribution in [2.75, 3.05) is 0 Å². The minimum absolute atomic E-state index is 0.0781. The second-order valence-electron chi connectivity index (χ2n) is 9.73. The first-order chi connectivity index (χ1) is 15.8. The van der Waals surface area contributed by atoms with Crippen LogP contribution in [0.4, 0.5) is 0 Å². The van der Waals surface area contributed by atoms with E-state index in [9.17, 15) is 14.7 Å². The van der Waals surface area contributed by atoms with E-state index in [1.165, 1.54) is 17.7 Å². The number of hydrogen-bond acceptors (Lipinski definition) is 4. The van der Waals surface area contributed by atoms with Gasteiger partial charge in [-0.15, -0.1) is 11.3 Å². The van der Waals surface area contributed by atoms with Crippen LogP contribution in [0, 0.1) is 11.8 Å². The molecule has 0 aliphatic heterocycles. The van der Waals surface area contributed by atoms with E-state index in [2.05, 4.69) is 34.3 Å². The number of thiophene rings is 1. The minimum Gasteiger partial charge on any atom is -0.481 e. The van der Waals surface area contributed by atoms with Gasteiger partial charge in [0.05, 0.1) is 17.5 Å². The summed E-state index contributed by atoms with van der Waals surface area (Å²) in [5.41, 5.74) is 2.42. The molecule has 0 radical (unpaired) electrons. The van der Waals surface area contributed by atoms with Gasteiger partial charge in [0.1, 0.15) is 5.82 Å². The van der Waals surface area contributed by atoms with E-state index in [0.29, 0.717) is 29.9 Å². The van der Waals surface area contributed by atoms with Crippen molar-refractivity contribution in [1.29, 1.82) is 0 Å². The van der Waals surface area contributed by atoms with Gasteiger partial charge in [-0.1, -0.05) is 33.3 Å². The maximum atomic E-state index is 13.0. The zero-order valence-corrected chi connectivity index (χ0v) is 20.4.